The van der Waals surface area contributed by atoms with Gasteiger partial charge in [0, 0.05) is 30.9 Å². The van der Waals surface area contributed by atoms with E-state index in [0.29, 0.717) is 6.54 Å². The number of thiophene rings is 1. The summed E-state index contributed by atoms with van der Waals surface area (Å²) in [6, 6.07) is 8.10. The second kappa shape index (κ2) is 7.39. The lowest BCUT2D eigenvalue weighted by molar-refractivity contribution is 0.0395. The molecule has 3 rings (SSSR count). The zero-order valence-corrected chi connectivity index (χ0v) is 15.8. The Morgan fingerprint density at radius 2 is 1.96 bits per heavy atom. The summed E-state index contributed by atoms with van der Waals surface area (Å²) in [5, 5.41) is 1.99. The van der Waals surface area contributed by atoms with E-state index in [4.69, 9.17) is 4.74 Å². The van der Waals surface area contributed by atoms with Gasteiger partial charge in [0.1, 0.15) is 5.00 Å². The zero-order valence-electron chi connectivity index (χ0n) is 14.2. The predicted molar refractivity (Wildman–Crippen MR) is 101 cm³/mol. The largest absolute Gasteiger partial charge is 0.379 e. The minimum Gasteiger partial charge on any atom is -0.379 e. The van der Waals surface area contributed by atoms with Crippen molar-refractivity contribution in [2.45, 2.75) is 13.8 Å². The highest BCUT2D eigenvalue weighted by atomic mass is 32.2. The third kappa shape index (κ3) is 3.59. The van der Waals surface area contributed by atoms with Crippen molar-refractivity contribution in [2.24, 2.45) is 0 Å². The highest BCUT2D eigenvalue weighted by Crippen LogP contribution is 2.38. The van der Waals surface area contributed by atoms with Crippen LogP contribution in [0.1, 0.15) is 12.5 Å². The molecule has 1 fully saturated rings. The molecule has 0 atom stereocenters. The van der Waals surface area contributed by atoms with Crippen molar-refractivity contribution in [3.63, 3.8) is 0 Å². The number of benzene rings is 1. The number of ether oxygens (including phenoxy) is 1. The molecule has 7 heteroatoms. The van der Waals surface area contributed by atoms with Crippen LogP contribution in [0.25, 0.3) is 10.1 Å². The van der Waals surface area contributed by atoms with Crippen LogP contribution >= 0.6 is 11.3 Å². The van der Waals surface area contributed by atoms with E-state index in [9.17, 15) is 8.42 Å². The van der Waals surface area contributed by atoms with Crippen LogP contribution in [0.15, 0.2) is 24.3 Å². The van der Waals surface area contributed by atoms with Crippen LogP contribution in [-0.4, -0.2) is 58.5 Å². The molecule has 0 amide bonds. The van der Waals surface area contributed by atoms with Crippen LogP contribution in [0, 0.1) is 6.92 Å². The highest BCUT2D eigenvalue weighted by molar-refractivity contribution is 7.93. The highest BCUT2D eigenvalue weighted by Gasteiger charge is 2.25. The molecule has 2 aromatic rings. The topological polar surface area (TPSA) is 49.9 Å². The van der Waals surface area contributed by atoms with Gasteiger partial charge < -0.3 is 4.74 Å². The molecular weight excluding hydrogens is 344 g/mol. The molecule has 1 aliphatic rings. The Morgan fingerprint density at radius 3 is 2.62 bits per heavy atom. The first-order valence-corrected chi connectivity index (χ1v) is 10.7. The van der Waals surface area contributed by atoms with Crippen LogP contribution in [0.5, 0.6) is 0 Å². The van der Waals surface area contributed by atoms with Crippen molar-refractivity contribution < 1.29 is 13.2 Å². The van der Waals surface area contributed by atoms with Gasteiger partial charge in [-0.25, -0.2) is 8.42 Å². The number of nitrogens with zero attached hydrogens (tertiary/aromatic N) is 2. The first kappa shape index (κ1) is 17.7. The molecular formula is C17H24N2O3S2. The monoisotopic (exact) mass is 368 g/mol. The molecule has 1 aromatic heterocycles. The molecule has 132 valence electrons. The molecule has 5 nitrogen and oxygen atoms in total. The van der Waals surface area contributed by atoms with Gasteiger partial charge in [0.25, 0.3) is 0 Å². The summed E-state index contributed by atoms with van der Waals surface area (Å²) >= 11 is 1.56. The first-order chi connectivity index (χ1) is 11.5. The van der Waals surface area contributed by atoms with Gasteiger partial charge in [-0.05, 0) is 30.9 Å². The fourth-order valence-electron chi connectivity index (χ4n) is 2.98. The SMILES string of the molecule is CCS(=O)(=O)N(CCN1CCOCC1)c1sc2ccccc2c1C. The average molecular weight is 369 g/mol. The van der Waals surface area contributed by atoms with Crippen LogP contribution in [0.3, 0.4) is 0 Å². The maximum absolute atomic E-state index is 12.7. The smallest absolute Gasteiger partial charge is 0.235 e. The van der Waals surface area contributed by atoms with Crippen molar-refractivity contribution >= 4 is 36.4 Å². The van der Waals surface area contributed by atoms with Crippen molar-refractivity contribution in [3.05, 3.63) is 29.8 Å². The number of hydrogen-bond donors (Lipinski definition) is 0. The molecule has 0 unspecified atom stereocenters. The maximum atomic E-state index is 12.7. The maximum Gasteiger partial charge on any atom is 0.235 e. The second-order valence-corrected chi connectivity index (χ2v) is 9.17. The van der Waals surface area contributed by atoms with Gasteiger partial charge in [-0.1, -0.05) is 18.2 Å². The normalized spacial score (nSPS) is 16.6. The second-order valence-electron chi connectivity index (χ2n) is 5.96. The van der Waals surface area contributed by atoms with E-state index in [-0.39, 0.29) is 5.75 Å². The summed E-state index contributed by atoms with van der Waals surface area (Å²) in [6.07, 6.45) is 0. The summed E-state index contributed by atoms with van der Waals surface area (Å²) in [7, 11) is -3.30. The number of hydrogen-bond acceptors (Lipinski definition) is 5. The molecule has 1 saturated heterocycles. The molecule has 0 radical (unpaired) electrons. The summed E-state index contributed by atoms with van der Waals surface area (Å²) in [6.45, 7) is 8.13. The van der Waals surface area contributed by atoms with Crippen LogP contribution in [0.2, 0.25) is 0 Å². The Kier molecular flexibility index (Phi) is 5.44. The van der Waals surface area contributed by atoms with Crippen LogP contribution in [-0.2, 0) is 14.8 Å². The summed E-state index contributed by atoms with van der Waals surface area (Å²) in [4.78, 5) is 2.27. The lowest BCUT2D eigenvalue weighted by atomic mass is 10.2. The Morgan fingerprint density at radius 1 is 1.25 bits per heavy atom. The number of anilines is 1. The summed E-state index contributed by atoms with van der Waals surface area (Å²) in [5.41, 5.74) is 1.05. The zero-order chi connectivity index (χ0) is 17.2. The van der Waals surface area contributed by atoms with Crippen molar-refractivity contribution in [3.8, 4) is 0 Å². The van der Waals surface area contributed by atoms with E-state index in [0.717, 1.165) is 53.5 Å². The molecule has 2 heterocycles. The van der Waals surface area contributed by atoms with E-state index < -0.39 is 10.0 Å². The number of rotatable bonds is 6. The van der Waals surface area contributed by atoms with Gasteiger partial charge in [0.15, 0.2) is 0 Å². The van der Waals surface area contributed by atoms with Gasteiger partial charge in [-0.2, -0.15) is 0 Å². The summed E-state index contributed by atoms with van der Waals surface area (Å²) in [5.74, 6) is 0.115. The lowest BCUT2D eigenvalue weighted by Crippen LogP contribution is -2.43. The van der Waals surface area contributed by atoms with E-state index in [1.807, 2.05) is 19.1 Å². The number of aryl methyl sites for hydroxylation is 1. The van der Waals surface area contributed by atoms with Gasteiger partial charge in [-0.3, -0.25) is 9.21 Å². The fourth-order valence-corrected chi connectivity index (χ4v) is 5.63. The average Bonchev–Trinajstić information content (AvgIpc) is 2.93. The summed E-state index contributed by atoms with van der Waals surface area (Å²) < 4.78 is 33.5. The minimum absolute atomic E-state index is 0.115. The number of sulfonamides is 1. The third-order valence-electron chi connectivity index (χ3n) is 4.47. The van der Waals surface area contributed by atoms with Crippen molar-refractivity contribution in [2.75, 3.05) is 49.5 Å². The molecule has 0 spiro atoms. The molecule has 1 aromatic carbocycles. The number of fused-ring (bicyclic) bond motifs is 1. The van der Waals surface area contributed by atoms with Gasteiger partial charge in [0.2, 0.25) is 10.0 Å². The molecule has 0 N–H and O–H groups in total. The Balaban J connectivity index is 1.90. The standard InChI is InChI=1S/C17H24N2O3S2/c1-3-24(20,21)19(9-8-18-10-12-22-13-11-18)17-14(2)15-6-4-5-7-16(15)23-17/h4-7H,3,8-13H2,1-2H3. The van der Waals surface area contributed by atoms with Gasteiger partial charge in [0.05, 0.1) is 19.0 Å². The molecule has 24 heavy (non-hydrogen) atoms. The fraction of sp³-hybridized carbons (Fsp3) is 0.529. The quantitative estimate of drug-likeness (QED) is 0.787. The van der Waals surface area contributed by atoms with Crippen LogP contribution in [0.4, 0.5) is 5.00 Å². The Labute approximate surface area is 147 Å². The third-order valence-corrected chi connectivity index (χ3v) is 7.65. The molecule has 0 saturated carbocycles. The van der Waals surface area contributed by atoms with E-state index >= 15 is 0 Å². The number of morpholine rings is 1. The first-order valence-electron chi connectivity index (χ1n) is 8.31. The van der Waals surface area contributed by atoms with Crippen molar-refractivity contribution in [1.29, 1.82) is 0 Å². The van der Waals surface area contributed by atoms with E-state index in [1.54, 1.807) is 22.6 Å². The van der Waals surface area contributed by atoms with E-state index in [2.05, 4.69) is 17.0 Å². The predicted octanol–water partition coefficient (Wildman–Crippen LogP) is 2.70. The molecule has 0 bridgehead atoms. The van der Waals surface area contributed by atoms with Crippen molar-refractivity contribution in [1.82, 2.24) is 4.90 Å². The molecule has 1 aliphatic heterocycles. The van der Waals surface area contributed by atoms with Gasteiger partial charge >= 0.3 is 0 Å². The minimum atomic E-state index is -3.30. The lowest BCUT2D eigenvalue weighted by Gasteiger charge is -2.30. The van der Waals surface area contributed by atoms with Crippen LogP contribution < -0.4 is 4.31 Å². The molecule has 0 aliphatic carbocycles. The Hall–Kier alpha value is -1.15. The van der Waals surface area contributed by atoms with Gasteiger partial charge in [-0.15, -0.1) is 11.3 Å². The van der Waals surface area contributed by atoms with E-state index in [1.165, 1.54) is 0 Å². The Bertz CT molecular complexity index is 795.